The highest BCUT2D eigenvalue weighted by molar-refractivity contribution is 6.17. The molecular weight excluding hydrogens is 254 g/mol. The van der Waals surface area contributed by atoms with Gasteiger partial charge < -0.3 is 4.90 Å². The fourth-order valence-corrected chi connectivity index (χ4v) is 3.08. The van der Waals surface area contributed by atoms with Crippen molar-refractivity contribution in [3.05, 3.63) is 66.7 Å². The van der Waals surface area contributed by atoms with E-state index in [0.29, 0.717) is 0 Å². The molecule has 102 valence electrons. The van der Waals surface area contributed by atoms with E-state index in [-0.39, 0.29) is 0 Å². The second-order valence-electron chi connectivity index (χ2n) is 5.75. The Bertz CT molecular complexity index is 967. The first-order valence-corrected chi connectivity index (χ1v) is 7.25. The first-order chi connectivity index (χ1) is 10.2. The molecule has 1 heteroatoms. The van der Waals surface area contributed by atoms with Gasteiger partial charge >= 0.3 is 0 Å². The predicted molar refractivity (Wildman–Crippen MR) is 93.3 cm³/mol. The lowest BCUT2D eigenvalue weighted by atomic mass is 9.97. The van der Waals surface area contributed by atoms with E-state index in [1.165, 1.54) is 38.0 Å². The number of benzene rings is 4. The third-order valence-corrected chi connectivity index (χ3v) is 4.24. The Hall–Kier alpha value is -2.54. The van der Waals surface area contributed by atoms with Gasteiger partial charge in [-0.05, 0) is 44.5 Å². The number of nitrogens with zero attached hydrogens (tertiary/aromatic N) is 1. The summed E-state index contributed by atoms with van der Waals surface area (Å²) in [5, 5.41) is 7.90. The van der Waals surface area contributed by atoms with Crippen molar-refractivity contribution in [2.75, 3.05) is 19.0 Å². The summed E-state index contributed by atoms with van der Waals surface area (Å²) in [6, 6.07) is 24.2. The van der Waals surface area contributed by atoms with Crippen LogP contribution >= 0.6 is 0 Å². The maximum atomic E-state index is 2.28. The molecule has 4 aromatic carbocycles. The molecular formula is C20H17N. The monoisotopic (exact) mass is 271 g/mol. The molecule has 21 heavy (non-hydrogen) atoms. The molecule has 4 aromatic rings. The Morgan fingerprint density at radius 2 is 1.19 bits per heavy atom. The maximum Gasteiger partial charge on any atom is 0.0367 e. The summed E-state index contributed by atoms with van der Waals surface area (Å²) in [5.41, 5.74) is 1.24. The molecule has 0 spiro atoms. The highest BCUT2D eigenvalue weighted by Gasteiger charge is 2.05. The van der Waals surface area contributed by atoms with Crippen LogP contribution in [0.5, 0.6) is 0 Å². The molecule has 0 N–H and O–H groups in total. The molecule has 0 fully saturated rings. The van der Waals surface area contributed by atoms with Gasteiger partial charge in [0, 0.05) is 19.8 Å². The van der Waals surface area contributed by atoms with Crippen LogP contribution in [-0.4, -0.2) is 14.1 Å². The lowest BCUT2D eigenvalue weighted by Crippen LogP contribution is -2.08. The third kappa shape index (κ3) is 1.85. The van der Waals surface area contributed by atoms with Crippen molar-refractivity contribution in [3.63, 3.8) is 0 Å². The largest absolute Gasteiger partial charge is 0.378 e. The quantitative estimate of drug-likeness (QED) is 0.429. The van der Waals surface area contributed by atoms with Crippen molar-refractivity contribution in [3.8, 4) is 0 Å². The minimum atomic E-state index is 1.24. The van der Waals surface area contributed by atoms with E-state index in [2.05, 4.69) is 85.7 Å². The standard InChI is InChI=1S/C20H17N/c1-21(2)16-10-7-15-9-11-18-17-6-4-3-5-14(17)8-12-19(18)20(15)13-16/h3-13H,1-2H3. The van der Waals surface area contributed by atoms with E-state index in [0.717, 1.165) is 0 Å². The van der Waals surface area contributed by atoms with Crippen LogP contribution in [-0.2, 0) is 0 Å². The SMILES string of the molecule is CN(C)c1ccc2ccc3c4ccccc4ccc3c2c1. The molecule has 0 aliphatic carbocycles. The van der Waals surface area contributed by atoms with Crippen molar-refractivity contribution >= 4 is 38.0 Å². The molecule has 0 amide bonds. The Morgan fingerprint density at radius 3 is 1.95 bits per heavy atom. The van der Waals surface area contributed by atoms with Crippen molar-refractivity contribution in [2.24, 2.45) is 0 Å². The molecule has 0 saturated heterocycles. The zero-order chi connectivity index (χ0) is 14.4. The number of fused-ring (bicyclic) bond motifs is 5. The Labute approximate surface area is 124 Å². The Balaban J connectivity index is 2.17. The summed E-state index contributed by atoms with van der Waals surface area (Å²) >= 11 is 0. The van der Waals surface area contributed by atoms with E-state index < -0.39 is 0 Å². The summed E-state index contributed by atoms with van der Waals surface area (Å²) in [6.07, 6.45) is 0. The number of hydrogen-bond donors (Lipinski definition) is 0. The molecule has 0 aromatic heterocycles. The molecule has 0 heterocycles. The molecule has 0 bridgehead atoms. The first kappa shape index (κ1) is 12.2. The smallest absolute Gasteiger partial charge is 0.0367 e. The highest BCUT2D eigenvalue weighted by Crippen LogP contribution is 2.32. The first-order valence-electron chi connectivity index (χ1n) is 7.25. The van der Waals surface area contributed by atoms with Crippen molar-refractivity contribution < 1.29 is 0 Å². The van der Waals surface area contributed by atoms with E-state index >= 15 is 0 Å². The van der Waals surface area contributed by atoms with Crippen LogP contribution in [0.1, 0.15) is 0 Å². The Morgan fingerprint density at radius 1 is 0.571 bits per heavy atom. The van der Waals surface area contributed by atoms with Crippen LogP contribution in [0.2, 0.25) is 0 Å². The number of rotatable bonds is 1. The van der Waals surface area contributed by atoms with Crippen molar-refractivity contribution in [1.29, 1.82) is 0 Å². The van der Waals surface area contributed by atoms with Gasteiger partial charge in [0.1, 0.15) is 0 Å². The zero-order valence-corrected chi connectivity index (χ0v) is 12.3. The number of anilines is 1. The van der Waals surface area contributed by atoms with Crippen LogP contribution < -0.4 is 4.90 Å². The average Bonchev–Trinajstić information content (AvgIpc) is 2.53. The second-order valence-corrected chi connectivity index (χ2v) is 5.75. The van der Waals surface area contributed by atoms with Gasteiger partial charge in [-0.1, -0.05) is 54.6 Å². The number of hydrogen-bond acceptors (Lipinski definition) is 1. The van der Waals surface area contributed by atoms with Crippen LogP contribution in [0, 0.1) is 0 Å². The van der Waals surface area contributed by atoms with Gasteiger partial charge in [0.2, 0.25) is 0 Å². The minimum Gasteiger partial charge on any atom is -0.378 e. The molecule has 1 nitrogen and oxygen atoms in total. The van der Waals surface area contributed by atoms with Crippen LogP contribution in [0.25, 0.3) is 32.3 Å². The molecule has 0 unspecified atom stereocenters. The summed E-state index contributed by atoms with van der Waals surface area (Å²) in [7, 11) is 4.17. The van der Waals surface area contributed by atoms with Gasteiger partial charge in [-0.2, -0.15) is 0 Å². The van der Waals surface area contributed by atoms with E-state index in [4.69, 9.17) is 0 Å². The lowest BCUT2D eigenvalue weighted by Gasteiger charge is -2.14. The van der Waals surface area contributed by atoms with E-state index in [1.807, 2.05) is 0 Å². The van der Waals surface area contributed by atoms with Crippen LogP contribution in [0.15, 0.2) is 66.7 Å². The second kappa shape index (κ2) is 4.49. The Kier molecular flexibility index (Phi) is 2.61. The van der Waals surface area contributed by atoms with Gasteiger partial charge in [0.15, 0.2) is 0 Å². The summed E-state index contributed by atoms with van der Waals surface area (Å²) in [5.74, 6) is 0. The lowest BCUT2D eigenvalue weighted by molar-refractivity contribution is 1.14. The molecule has 0 aliphatic heterocycles. The van der Waals surface area contributed by atoms with E-state index in [1.54, 1.807) is 0 Å². The van der Waals surface area contributed by atoms with Gasteiger partial charge in [0.25, 0.3) is 0 Å². The van der Waals surface area contributed by atoms with Crippen molar-refractivity contribution in [1.82, 2.24) is 0 Å². The van der Waals surface area contributed by atoms with Gasteiger partial charge in [-0.3, -0.25) is 0 Å². The zero-order valence-electron chi connectivity index (χ0n) is 12.3. The predicted octanol–water partition coefficient (Wildman–Crippen LogP) is 5.21. The average molecular weight is 271 g/mol. The van der Waals surface area contributed by atoms with Gasteiger partial charge in [-0.15, -0.1) is 0 Å². The highest BCUT2D eigenvalue weighted by atomic mass is 15.1. The normalized spacial score (nSPS) is 11.3. The minimum absolute atomic E-state index is 1.24. The maximum absolute atomic E-state index is 2.28. The molecule has 0 radical (unpaired) electrons. The summed E-state index contributed by atoms with van der Waals surface area (Å²) < 4.78 is 0. The summed E-state index contributed by atoms with van der Waals surface area (Å²) in [4.78, 5) is 2.15. The summed E-state index contributed by atoms with van der Waals surface area (Å²) in [6.45, 7) is 0. The van der Waals surface area contributed by atoms with E-state index in [9.17, 15) is 0 Å². The fourth-order valence-electron chi connectivity index (χ4n) is 3.08. The third-order valence-electron chi connectivity index (χ3n) is 4.24. The topological polar surface area (TPSA) is 3.24 Å². The van der Waals surface area contributed by atoms with Crippen LogP contribution in [0.4, 0.5) is 5.69 Å². The molecule has 4 rings (SSSR count). The van der Waals surface area contributed by atoms with Gasteiger partial charge in [-0.25, -0.2) is 0 Å². The molecule has 0 atom stereocenters. The fraction of sp³-hybridized carbons (Fsp3) is 0.100. The van der Waals surface area contributed by atoms with Gasteiger partial charge in [0.05, 0.1) is 0 Å². The molecule has 0 saturated carbocycles. The molecule has 0 aliphatic rings. The van der Waals surface area contributed by atoms with Crippen molar-refractivity contribution in [2.45, 2.75) is 0 Å². The van der Waals surface area contributed by atoms with Crippen LogP contribution in [0.3, 0.4) is 0 Å².